The van der Waals surface area contributed by atoms with Gasteiger partial charge < -0.3 is 20.3 Å². The summed E-state index contributed by atoms with van der Waals surface area (Å²) in [5, 5.41) is 14.9. The topological polar surface area (TPSA) is 70.6 Å². The van der Waals surface area contributed by atoms with Gasteiger partial charge in [-0.1, -0.05) is 38.1 Å². The first-order chi connectivity index (χ1) is 10.1. The van der Waals surface area contributed by atoms with E-state index >= 15 is 0 Å². The second-order valence-corrected chi connectivity index (χ2v) is 5.77. The SMILES string of the molecule is CC(C)C[C@H](NC(=O)C1Cc2ccccc2CN1)O[B]O.Cl. The summed E-state index contributed by atoms with van der Waals surface area (Å²) in [5.74, 6) is 0.257. The van der Waals surface area contributed by atoms with Crippen LogP contribution >= 0.6 is 12.4 Å². The van der Waals surface area contributed by atoms with Gasteiger partial charge in [0, 0.05) is 6.54 Å². The van der Waals surface area contributed by atoms with Gasteiger partial charge in [-0.2, -0.15) is 0 Å². The minimum absolute atomic E-state index is 0. The molecule has 2 atom stereocenters. The van der Waals surface area contributed by atoms with E-state index in [4.69, 9.17) is 9.68 Å². The number of carbonyl (C=O) groups excluding carboxylic acids is 1. The van der Waals surface area contributed by atoms with E-state index < -0.39 is 6.23 Å². The van der Waals surface area contributed by atoms with Crippen LogP contribution in [0.4, 0.5) is 0 Å². The van der Waals surface area contributed by atoms with Crippen molar-refractivity contribution in [2.75, 3.05) is 0 Å². The van der Waals surface area contributed by atoms with Crippen molar-refractivity contribution in [1.82, 2.24) is 10.6 Å². The quantitative estimate of drug-likeness (QED) is 0.542. The maximum atomic E-state index is 12.3. The van der Waals surface area contributed by atoms with E-state index in [9.17, 15) is 4.79 Å². The average Bonchev–Trinajstić information content (AvgIpc) is 2.46. The molecule has 1 aromatic rings. The lowest BCUT2D eigenvalue weighted by molar-refractivity contribution is -0.126. The van der Waals surface area contributed by atoms with Crippen LogP contribution in [-0.2, 0) is 22.4 Å². The van der Waals surface area contributed by atoms with E-state index in [-0.39, 0.29) is 24.4 Å². The summed E-state index contributed by atoms with van der Waals surface area (Å²) < 4.78 is 5.05. The molecular formula is C15H23BClN2O3. The number of fused-ring (bicyclic) bond motifs is 1. The van der Waals surface area contributed by atoms with E-state index in [2.05, 4.69) is 22.8 Å². The lowest BCUT2D eigenvalue weighted by atomic mass is 9.95. The van der Waals surface area contributed by atoms with Gasteiger partial charge in [0.25, 0.3) is 0 Å². The Balaban J connectivity index is 0.00000242. The molecule has 1 aliphatic heterocycles. The summed E-state index contributed by atoms with van der Waals surface area (Å²) in [5.41, 5.74) is 2.44. The fraction of sp³-hybridized carbons (Fsp3) is 0.533. The van der Waals surface area contributed by atoms with Gasteiger partial charge in [-0.15, -0.1) is 12.4 Å². The normalized spacial score (nSPS) is 18.1. The monoisotopic (exact) mass is 325 g/mol. The third-order valence-corrected chi connectivity index (χ3v) is 3.61. The van der Waals surface area contributed by atoms with Gasteiger partial charge in [-0.05, 0) is 29.9 Å². The van der Waals surface area contributed by atoms with Crippen LogP contribution in [0.1, 0.15) is 31.4 Å². The van der Waals surface area contributed by atoms with E-state index in [0.29, 0.717) is 33.0 Å². The number of rotatable bonds is 6. The molecule has 1 amide bonds. The third kappa shape index (κ3) is 5.28. The van der Waals surface area contributed by atoms with Gasteiger partial charge in [0.2, 0.25) is 5.91 Å². The second kappa shape index (κ2) is 9.15. The smallest absolute Gasteiger partial charge is 0.429 e. The zero-order valence-corrected chi connectivity index (χ0v) is 13.7. The second-order valence-electron chi connectivity index (χ2n) is 5.77. The van der Waals surface area contributed by atoms with Crippen molar-refractivity contribution in [2.45, 2.75) is 45.5 Å². The van der Waals surface area contributed by atoms with Gasteiger partial charge in [-0.3, -0.25) is 4.79 Å². The van der Waals surface area contributed by atoms with Crippen LogP contribution in [0.15, 0.2) is 24.3 Å². The Kier molecular flexibility index (Phi) is 7.89. The van der Waals surface area contributed by atoms with E-state index in [1.807, 2.05) is 26.0 Å². The number of benzene rings is 1. The van der Waals surface area contributed by atoms with Gasteiger partial charge in [0.1, 0.15) is 6.23 Å². The molecule has 1 aromatic carbocycles. The number of hydrogen-bond acceptors (Lipinski definition) is 4. The molecule has 22 heavy (non-hydrogen) atoms. The first-order valence-corrected chi connectivity index (χ1v) is 7.32. The van der Waals surface area contributed by atoms with Crippen molar-refractivity contribution in [1.29, 1.82) is 0 Å². The minimum Gasteiger partial charge on any atom is -0.429 e. The van der Waals surface area contributed by atoms with Crippen molar-refractivity contribution < 1.29 is 14.5 Å². The molecule has 0 bridgehead atoms. The summed E-state index contributed by atoms with van der Waals surface area (Å²) in [6.07, 6.45) is 0.812. The Morgan fingerprint density at radius 3 is 2.77 bits per heavy atom. The lowest BCUT2D eigenvalue weighted by Crippen LogP contribution is -2.51. The lowest BCUT2D eigenvalue weighted by Gasteiger charge is -2.28. The van der Waals surface area contributed by atoms with Crippen LogP contribution in [0, 0.1) is 5.92 Å². The molecule has 1 unspecified atom stereocenters. The summed E-state index contributed by atoms with van der Waals surface area (Å²) in [7, 11) is 0.636. The summed E-state index contributed by atoms with van der Waals surface area (Å²) in [4.78, 5) is 12.3. The van der Waals surface area contributed by atoms with E-state index in [1.54, 1.807) is 0 Å². The molecular weight excluding hydrogens is 302 g/mol. The van der Waals surface area contributed by atoms with Crippen molar-refractivity contribution in [3.05, 3.63) is 35.4 Å². The Hall–Kier alpha value is -1.08. The maximum Gasteiger partial charge on any atom is 0.486 e. The maximum absolute atomic E-state index is 12.3. The molecule has 5 nitrogen and oxygen atoms in total. The summed E-state index contributed by atoms with van der Waals surface area (Å²) >= 11 is 0. The third-order valence-electron chi connectivity index (χ3n) is 3.61. The number of hydrogen-bond donors (Lipinski definition) is 3. The minimum atomic E-state index is -0.499. The van der Waals surface area contributed by atoms with Crippen molar-refractivity contribution in [3.8, 4) is 0 Å². The molecule has 1 radical (unpaired) electrons. The molecule has 1 heterocycles. The fourth-order valence-electron chi connectivity index (χ4n) is 2.55. The first kappa shape index (κ1) is 19.0. The fourth-order valence-corrected chi connectivity index (χ4v) is 2.55. The Morgan fingerprint density at radius 1 is 1.45 bits per heavy atom. The van der Waals surface area contributed by atoms with Crippen molar-refractivity contribution in [2.24, 2.45) is 5.92 Å². The van der Waals surface area contributed by atoms with Gasteiger partial charge in [0.05, 0.1) is 6.04 Å². The molecule has 0 spiro atoms. The molecule has 3 N–H and O–H groups in total. The zero-order valence-electron chi connectivity index (χ0n) is 12.9. The highest BCUT2D eigenvalue weighted by molar-refractivity contribution is 6.15. The molecule has 0 aliphatic carbocycles. The molecule has 0 aromatic heterocycles. The summed E-state index contributed by atoms with van der Waals surface area (Å²) in [6, 6.07) is 7.86. The predicted molar refractivity (Wildman–Crippen MR) is 88.5 cm³/mol. The van der Waals surface area contributed by atoms with Crippen LogP contribution in [0.25, 0.3) is 0 Å². The standard InChI is InChI=1S/C15H22BN2O3.ClH/c1-10(2)7-14(21-16-20)18-15(19)13-8-11-5-3-4-6-12(11)9-17-13;/h3-6,10,13-14,17,20H,7-9H2,1-2H3,(H,18,19);1H/t13?,14-;/m1./s1. The van der Waals surface area contributed by atoms with Crippen molar-refractivity contribution >= 4 is 26.0 Å². The highest BCUT2D eigenvalue weighted by Crippen LogP contribution is 2.16. The summed E-state index contributed by atoms with van der Waals surface area (Å²) in [6.45, 7) is 4.76. The zero-order chi connectivity index (χ0) is 15.2. The molecule has 7 heteroatoms. The highest BCUT2D eigenvalue weighted by Gasteiger charge is 2.26. The van der Waals surface area contributed by atoms with E-state index in [0.717, 1.165) is 0 Å². The molecule has 1 aliphatic rings. The van der Waals surface area contributed by atoms with Crippen LogP contribution < -0.4 is 10.6 Å². The largest absolute Gasteiger partial charge is 0.486 e. The molecule has 121 valence electrons. The Morgan fingerprint density at radius 2 is 2.14 bits per heavy atom. The molecule has 0 saturated carbocycles. The number of halogens is 1. The average molecular weight is 326 g/mol. The number of nitrogens with one attached hydrogen (secondary N) is 2. The molecule has 0 fully saturated rings. The molecule has 0 saturated heterocycles. The van der Waals surface area contributed by atoms with Crippen LogP contribution in [-0.4, -0.2) is 30.9 Å². The Bertz CT molecular complexity index is 488. The van der Waals surface area contributed by atoms with Gasteiger partial charge in [-0.25, -0.2) is 0 Å². The first-order valence-electron chi connectivity index (χ1n) is 7.32. The molecule has 2 rings (SSSR count). The highest BCUT2D eigenvalue weighted by atomic mass is 35.5. The van der Waals surface area contributed by atoms with Gasteiger partial charge >= 0.3 is 7.69 Å². The van der Waals surface area contributed by atoms with Crippen LogP contribution in [0.2, 0.25) is 0 Å². The Labute approximate surface area is 138 Å². The van der Waals surface area contributed by atoms with Crippen LogP contribution in [0.5, 0.6) is 0 Å². The van der Waals surface area contributed by atoms with Crippen LogP contribution in [0.3, 0.4) is 0 Å². The van der Waals surface area contributed by atoms with Gasteiger partial charge in [0.15, 0.2) is 0 Å². The number of amides is 1. The van der Waals surface area contributed by atoms with E-state index in [1.165, 1.54) is 11.1 Å². The number of carbonyl (C=O) groups is 1. The predicted octanol–water partition coefficient (Wildman–Crippen LogP) is 1.15. The van der Waals surface area contributed by atoms with Crippen molar-refractivity contribution in [3.63, 3.8) is 0 Å².